The van der Waals surface area contributed by atoms with Gasteiger partial charge in [0.1, 0.15) is 6.61 Å². The SMILES string of the molecule is CC.CC(O)c1cc2n(c(=O)c1COC=O)Cc1c-2nc2ccc(C(F)F)c3c2c1C(NC(=O)CCCO)C3. The normalized spacial score (nSPS) is 15.4. The van der Waals surface area contributed by atoms with Gasteiger partial charge in [-0.05, 0) is 48.6 Å². The molecule has 1 amide bonds. The molecule has 5 rings (SSSR count). The Kier molecular flexibility index (Phi) is 8.41. The smallest absolute Gasteiger partial charge is 0.293 e. The maximum Gasteiger partial charge on any atom is 0.293 e. The number of alkyl halides is 2. The highest BCUT2D eigenvalue weighted by molar-refractivity contribution is 5.95. The first-order valence-corrected chi connectivity index (χ1v) is 12.9. The lowest BCUT2D eigenvalue weighted by Gasteiger charge is -2.17. The monoisotopic (exact) mass is 543 g/mol. The van der Waals surface area contributed by atoms with E-state index in [1.807, 2.05) is 13.8 Å². The number of aliphatic hydroxyl groups is 2. The number of pyridine rings is 2. The van der Waals surface area contributed by atoms with Crippen LogP contribution in [0.5, 0.6) is 0 Å². The lowest BCUT2D eigenvalue weighted by molar-refractivity contribution is -0.130. The molecule has 0 spiro atoms. The van der Waals surface area contributed by atoms with Gasteiger partial charge < -0.3 is 24.8 Å². The third kappa shape index (κ3) is 4.92. The molecule has 0 radical (unpaired) electrons. The molecule has 2 aromatic heterocycles. The highest BCUT2D eigenvalue weighted by Gasteiger charge is 2.37. The standard InChI is InChI=1S/C26H25F2N3O6.C2H6/c1-12(34)14-8-20-24-16(9-31(20)26(36)17(14)10-37-11-33)23-19(29-21(35)3-2-6-32)7-15-13(25(27)28)4-5-18(30-24)22(15)23;1-2/h4-5,8,11-12,19,25,32,34H,2-3,6-7,9-10H2,1H3,(H,29,35);1-2H3. The first-order valence-electron chi connectivity index (χ1n) is 12.9. The van der Waals surface area contributed by atoms with E-state index in [9.17, 15) is 28.3 Å². The number of halogens is 2. The fraction of sp³-hybridized carbons (Fsp3) is 0.429. The van der Waals surface area contributed by atoms with Gasteiger partial charge in [0.05, 0.1) is 41.2 Å². The van der Waals surface area contributed by atoms with Gasteiger partial charge >= 0.3 is 0 Å². The third-order valence-electron chi connectivity index (χ3n) is 7.07. The summed E-state index contributed by atoms with van der Waals surface area (Å²) in [4.78, 5) is 41.5. The van der Waals surface area contributed by atoms with Crippen molar-refractivity contribution in [2.45, 2.75) is 71.8 Å². The number of aliphatic hydroxyl groups excluding tert-OH is 2. The fourth-order valence-electron chi connectivity index (χ4n) is 5.48. The number of benzene rings is 1. The van der Waals surface area contributed by atoms with Crippen molar-refractivity contribution in [2.24, 2.45) is 0 Å². The first-order chi connectivity index (χ1) is 18.8. The molecule has 0 fully saturated rings. The zero-order valence-corrected chi connectivity index (χ0v) is 22.0. The second-order valence-electron chi connectivity index (χ2n) is 9.27. The molecule has 3 heterocycles. The van der Waals surface area contributed by atoms with Crippen molar-refractivity contribution in [3.63, 3.8) is 0 Å². The number of amides is 1. The summed E-state index contributed by atoms with van der Waals surface area (Å²) in [7, 11) is 0. The van der Waals surface area contributed by atoms with Crippen molar-refractivity contribution < 1.29 is 33.3 Å². The lowest BCUT2D eigenvalue weighted by Crippen LogP contribution is -2.29. The number of aromatic nitrogens is 2. The molecule has 2 atom stereocenters. The van der Waals surface area contributed by atoms with Crippen molar-refractivity contribution >= 4 is 23.3 Å². The van der Waals surface area contributed by atoms with Crippen molar-refractivity contribution in [1.82, 2.24) is 14.9 Å². The van der Waals surface area contributed by atoms with Crippen molar-refractivity contribution in [3.8, 4) is 11.4 Å². The minimum atomic E-state index is -2.71. The highest BCUT2D eigenvalue weighted by atomic mass is 19.3. The van der Waals surface area contributed by atoms with Crippen molar-refractivity contribution in [2.75, 3.05) is 6.61 Å². The van der Waals surface area contributed by atoms with Crippen molar-refractivity contribution in [1.29, 1.82) is 0 Å². The molecule has 2 aliphatic rings. The molecule has 0 saturated carbocycles. The summed E-state index contributed by atoms with van der Waals surface area (Å²) in [6.07, 6.45) is -3.23. The average Bonchev–Trinajstić information content (AvgIpc) is 3.47. The number of nitrogens with zero attached hydrogens (tertiary/aromatic N) is 2. The van der Waals surface area contributed by atoms with Gasteiger partial charge in [-0.1, -0.05) is 19.9 Å². The Morgan fingerprint density at radius 2 is 2.03 bits per heavy atom. The van der Waals surface area contributed by atoms with Crippen LogP contribution in [0.15, 0.2) is 23.0 Å². The minimum absolute atomic E-state index is 0.0807. The Morgan fingerprint density at radius 1 is 1.28 bits per heavy atom. The predicted octanol–water partition coefficient (Wildman–Crippen LogP) is 3.60. The largest absolute Gasteiger partial charge is 0.463 e. The molecule has 1 aromatic carbocycles. The molecule has 11 heteroatoms. The van der Waals surface area contributed by atoms with Crippen LogP contribution in [0.3, 0.4) is 0 Å². The maximum atomic E-state index is 13.9. The van der Waals surface area contributed by atoms with Crippen LogP contribution in [0.2, 0.25) is 0 Å². The number of fused-ring (bicyclic) bond motifs is 4. The van der Waals surface area contributed by atoms with E-state index in [0.717, 1.165) is 0 Å². The molecule has 1 aliphatic carbocycles. The van der Waals surface area contributed by atoms with Crippen LogP contribution < -0.4 is 10.9 Å². The highest BCUT2D eigenvalue weighted by Crippen LogP contribution is 2.47. The van der Waals surface area contributed by atoms with Gasteiger partial charge in [-0.2, -0.15) is 0 Å². The number of carbonyl (C=O) groups is 2. The van der Waals surface area contributed by atoms with E-state index in [2.05, 4.69) is 5.32 Å². The van der Waals surface area contributed by atoms with Gasteiger partial charge in [0.15, 0.2) is 0 Å². The van der Waals surface area contributed by atoms with Crippen LogP contribution in [-0.2, 0) is 33.9 Å². The van der Waals surface area contributed by atoms with E-state index >= 15 is 0 Å². The molecule has 9 nitrogen and oxygen atoms in total. The zero-order chi connectivity index (χ0) is 28.4. The zero-order valence-electron chi connectivity index (χ0n) is 22.0. The summed E-state index contributed by atoms with van der Waals surface area (Å²) >= 11 is 0. The van der Waals surface area contributed by atoms with Crippen LogP contribution in [0.1, 0.15) is 85.6 Å². The van der Waals surface area contributed by atoms with Gasteiger partial charge in [-0.3, -0.25) is 14.4 Å². The number of carbonyl (C=O) groups excluding carboxylic acids is 2. The number of rotatable bonds is 9. The molecule has 2 unspecified atom stereocenters. The second kappa shape index (κ2) is 11.6. The van der Waals surface area contributed by atoms with E-state index in [1.165, 1.54) is 23.6 Å². The summed E-state index contributed by atoms with van der Waals surface area (Å²) in [6, 6.07) is 3.87. The first kappa shape index (κ1) is 28.3. The van der Waals surface area contributed by atoms with Gasteiger partial charge in [-0.25, -0.2) is 13.8 Å². The van der Waals surface area contributed by atoms with Crippen LogP contribution >= 0.6 is 0 Å². The number of ether oxygens (including phenoxy) is 1. The Bertz CT molecular complexity index is 1480. The van der Waals surface area contributed by atoms with Crippen LogP contribution in [0.25, 0.3) is 22.3 Å². The summed E-state index contributed by atoms with van der Waals surface area (Å²) < 4.78 is 34.1. The second-order valence-corrected chi connectivity index (χ2v) is 9.27. The van der Waals surface area contributed by atoms with E-state index in [1.54, 1.807) is 6.07 Å². The molecule has 3 aromatic rings. The third-order valence-corrected chi connectivity index (χ3v) is 7.07. The quantitative estimate of drug-likeness (QED) is 0.275. The van der Waals surface area contributed by atoms with Crippen LogP contribution in [-0.4, -0.2) is 38.8 Å². The van der Waals surface area contributed by atoms with Gasteiger partial charge in [0.25, 0.3) is 18.5 Å². The fourth-order valence-corrected chi connectivity index (χ4v) is 5.48. The molecule has 0 bridgehead atoms. The Hall–Kier alpha value is -3.70. The van der Waals surface area contributed by atoms with Gasteiger partial charge in [0, 0.05) is 29.5 Å². The molecule has 0 saturated heterocycles. The number of hydrogen-bond acceptors (Lipinski definition) is 7. The lowest BCUT2D eigenvalue weighted by atomic mass is 9.98. The van der Waals surface area contributed by atoms with E-state index in [4.69, 9.17) is 14.8 Å². The van der Waals surface area contributed by atoms with Crippen molar-refractivity contribution in [3.05, 3.63) is 61.9 Å². The predicted molar refractivity (Wildman–Crippen MR) is 139 cm³/mol. The minimum Gasteiger partial charge on any atom is -0.463 e. The van der Waals surface area contributed by atoms with Gasteiger partial charge in [-0.15, -0.1) is 0 Å². The molecular formula is C28H31F2N3O6. The summed E-state index contributed by atoms with van der Waals surface area (Å²) in [5.41, 5.74) is 2.92. The maximum absolute atomic E-state index is 13.9. The summed E-state index contributed by atoms with van der Waals surface area (Å²) in [5.74, 6) is -0.318. The summed E-state index contributed by atoms with van der Waals surface area (Å²) in [6.45, 7) is 5.33. The van der Waals surface area contributed by atoms with Gasteiger partial charge in [0.2, 0.25) is 5.91 Å². The molecule has 3 N–H and O–H groups in total. The molecule has 39 heavy (non-hydrogen) atoms. The Labute approximate surface area is 223 Å². The number of hydrogen-bond donors (Lipinski definition) is 3. The molecule has 208 valence electrons. The Balaban J connectivity index is 0.00000172. The molecule has 1 aliphatic heterocycles. The average molecular weight is 544 g/mol. The van der Waals surface area contributed by atoms with E-state index in [-0.39, 0.29) is 62.5 Å². The Morgan fingerprint density at radius 3 is 2.67 bits per heavy atom. The van der Waals surface area contributed by atoms with Crippen LogP contribution in [0, 0.1) is 0 Å². The number of nitrogens with one attached hydrogen (secondary N) is 1. The summed E-state index contributed by atoms with van der Waals surface area (Å²) in [5, 5.41) is 22.9. The molecular weight excluding hydrogens is 512 g/mol. The van der Waals surface area contributed by atoms with E-state index in [0.29, 0.717) is 44.5 Å². The van der Waals surface area contributed by atoms with E-state index < -0.39 is 24.1 Å². The topological polar surface area (TPSA) is 131 Å². The van der Waals surface area contributed by atoms with Crippen LogP contribution in [0.4, 0.5) is 8.78 Å².